The minimum Gasteiger partial charge on any atom is -0.396 e. The van der Waals surface area contributed by atoms with Crippen molar-refractivity contribution in [2.45, 2.75) is 19.8 Å². The van der Waals surface area contributed by atoms with Crippen LogP contribution < -0.4 is 10.2 Å². The Balaban J connectivity index is 2.97. The minimum absolute atomic E-state index is 0.00415. The number of aliphatic hydroxyl groups excluding tert-OH is 2. The SMILES string of the molecule is CCCN(CCO)c1ccc(NCCCO)c([N+](=O)[O-])c1. The van der Waals surface area contributed by atoms with Crippen LogP contribution >= 0.6 is 0 Å². The van der Waals surface area contributed by atoms with E-state index in [4.69, 9.17) is 10.2 Å². The average Bonchev–Trinajstić information content (AvgIpc) is 2.47. The molecule has 0 amide bonds. The fourth-order valence-electron chi connectivity index (χ4n) is 2.08. The highest BCUT2D eigenvalue weighted by molar-refractivity contribution is 5.68. The molecule has 0 saturated carbocycles. The van der Waals surface area contributed by atoms with Crippen LogP contribution in [-0.2, 0) is 0 Å². The lowest BCUT2D eigenvalue weighted by molar-refractivity contribution is -0.383. The summed E-state index contributed by atoms with van der Waals surface area (Å²) < 4.78 is 0. The fourth-order valence-corrected chi connectivity index (χ4v) is 2.08. The number of benzene rings is 1. The Bertz CT molecular complexity index is 448. The number of nitro benzene ring substituents is 1. The number of nitrogens with one attached hydrogen (secondary N) is 1. The van der Waals surface area contributed by atoms with Crippen molar-refractivity contribution in [1.82, 2.24) is 0 Å². The van der Waals surface area contributed by atoms with Gasteiger partial charge >= 0.3 is 0 Å². The highest BCUT2D eigenvalue weighted by atomic mass is 16.6. The quantitative estimate of drug-likeness (QED) is 0.345. The molecule has 0 aliphatic rings. The summed E-state index contributed by atoms with van der Waals surface area (Å²) in [6.07, 6.45) is 1.43. The van der Waals surface area contributed by atoms with Crippen molar-refractivity contribution in [3.05, 3.63) is 28.3 Å². The van der Waals surface area contributed by atoms with E-state index in [2.05, 4.69) is 5.32 Å². The van der Waals surface area contributed by atoms with Crippen LogP contribution in [0.4, 0.5) is 17.1 Å². The lowest BCUT2D eigenvalue weighted by Crippen LogP contribution is -2.27. The predicted octanol–water partition coefficient (Wildman–Crippen LogP) is 1.60. The van der Waals surface area contributed by atoms with Crippen LogP contribution in [0.5, 0.6) is 0 Å². The maximum absolute atomic E-state index is 11.2. The van der Waals surface area contributed by atoms with Crippen LogP contribution in [0.2, 0.25) is 0 Å². The first-order valence-corrected chi connectivity index (χ1v) is 7.13. The molecule has 1 aromatic carbocycles. The molecule has 0 aliphatic heterocycles. The molecule has 118 valence electrons. The molecule has 0 unspecified atom stereocenters. The van der Waals surface area contributed by atoms with Crippen molar-refractivity contribution in [3.8, 4) is 0 Å². The van der Waals surface area contributed by atoms with Gasteiger partial charge in [-0.2, -0.15) is 0 Å². The normalized spacial score (nSPS) is 10.4. The summed E-state index contributed by atoms with van der Waals surface area (Å²) in [4.78, 5) is 12.7. The van der Waals surface area contributed by atoms with Crippen molar-refractivity contribution in [1.29, 1.82) is 0 Å². The summed E-state index contributed by atoms with van der Waals surface area (Å²) in [6.45, 7) is 3.72. The lowest BCUT2D eigenvalue weighted by atomic mass is 10.2. The summed E-state index contributed by atoms with van der Waals surface area (Å²) >= 11 is 0. The molecule has 0 aliphatic carbocycles. The number of aliphatic hydroxyl groups is 2. The Kier molecular flexibility index (Phi) is 7.49. The second kappa shape index (κ2) is 9.15. The van der Waals surface area contributed by atoms with E-state index >= 15 is 0 Å². The molecule has 0 aromatic heterocycles. The monoisotopic (exact) mass is 297 g/mol. The molecule has 1 aromatic rings. The molecule has 0 fully saturated rings. The molecule has 3 N–H and O–H groups in total. The number of hydrogen-bond acceptors (Lipinski definition) is 6. The molecule has 7 heteroatoms. The van der Waals surface area contributed by atoms with Gasteiger partial charge in [-0.1, -0.05) is 6.92 Å². The van der Waals surface area contributed by atoms with Crippen LogP contribution in [-0.4, -0.2) is 48.0 Å². The van der Waals surface area contributed by atoms with Gasteiger partial charge < -0.3 is 20.4 Å². The zero-order valence-electron chi connectivity index (χ0n) is 12.3. The standard InChI is InChI=1S/C14H23N3O4/c1-2-7-16(8-10-19)12-4-5-13(15-6-3-9-18)14(11-12)17(20)21/h4-5,11,15,18-19H,2-3,6-10H2,1H3. The Morgan fingerprint density at radius 1 is 1.29 bits per heavy atom. The van der Waals surface area contributed by atoms with Crippen molar-refractivity contribution in [3.63, 3.8) is 0 Å². The molecule has 0 saturated heterocycles. The second-order valence-corrected chi connectivity index (χ2v) is 4.67. The summed E-state index contributed by atoms with van der Waals surface area (Å²) in [7, 11) is 0. The van der Waals surface area contributed by atoms with Gasteiger partial charge in [-0.25, -0.2) is 0 Å². The molecule has 7 nitrogen and oxygen atoms in total. The van der Waals surface area contributed by atoms with Crippen LogP contribution in [0.15, 0.2) is 18.2 Å². The van der Waals surface area contributed by atoms with Crippen molar-refractivity contribution < 1.29 is 15.1 Å². The highest BCUT2D eigenvalue weighted by Gasteiger charge is 2.16. The third kappa shape index (κ3) is 5.20. The van der Waals surface area contributed by atoms with Gasteiger partial charge in [0.1, 0.15) is 5.69 Å². The first-order chi connectivity index (χ1) is 10.1. The smallest absolute Gasteiger partial charge is 0.294 e. The maximum Gasteiger partial charge on any atom is 0.294 e. The van der Waals surface area contributed by atoms with Gasteiger partial charge in [0.15, 0.2) is 0 Å². The van der Waals surface area contributed by atoms with Crippen LogP contribution in [0.1, 0.15) is 19.8 Å². The summed E-state index contributed by atoms with van der Waals surface area (Å²) in [5.41, 5.74) is 1.17. The van der Waals surface area contributed by atoms with Gasteiger partial charge in [-0.3, -0.25) is 10.1 Å². The van der Waals surface area contributed by atoms with Gasteiger partial charge in [0.05, 0.1) is 11.5 Å². The zero-order valence-corrected chi connectivity index (χ0v) is 12.3. The van der Waals surface area contributed by atoms with Crippen LogP contribution in [0, 0.1) is 10.1 Å². The maximum atomic E-state index is 11.2. The van der Waals surface area contributed by atoms with E-state index in [1.165, 1.54) is 6.07 Å². The molecule has 1 rings (SSSR count). The van der Waals surface area contributed by atoms with Gasteiger partial charge in [0.2, 0.25) is 0 Å². The van der Waals surface area contributed by atoms with Crippen LogP contribution in [0.3, 0.4) is 0 Å². The molecule has 0 spiro atoms. The van der Waals surface area contributed by atoms with Crippen LogP contribution in [0.25, 0.3) is 0 Å². The van der Waals surface area contributed by atoms with Gasteiger partial charge in [-0.15, -0.1) is 0 Å². The van der Waals surface area contributed by atoms with Crippen molar-refractivity contribution >= 4 is 17.1 Å². The van der Waals surface area contributed by atoms with Gasteiger partial charge in [-0.05, 0) is 25.0 Å². The lowest BCUT2D eigenvalue weighted by Gasteiger charge is -2.23. The number of nitro groups is 1. The Labute approximate surface area is 124 Å². The third-order valence-corrected chi connectivity index (χ3v) is 3.06. The van der Waals surface area contributed by atoms with E-state index in [-0.39, 0.29) is 18.9 Å². The van der Waals surface area contributed by atoms with Gasteiger partial charge in [0.25, 0.3) is 5.69 Å². The summed E-state index contributed by atoms with van der Waals surface area (Å²) in [5, 5.41) is 32.0. The predicted molar refractivity (Wildman–Crippen MR) is 82.9 cm³/mol. The molecule has 0 radical (unpaired) electrons. The first kappa shape index (κ1) is 17.2. The number of hydrogen-bond donors (Lipinski definition) is 3. The number of anilines is 2. The van der Waals surface area contributed by atoms with E-state index in [1.807, 2.05) is 11.8 Å². The van der Waals surface area contributed by atoms with E-state index in [1.54, 1.807) is 12.1 Å². The minimum atomic E-state index is -0.423. The van der Waals surface area contributed by atoms with Crippen molar-refractivity contribution in [2.24, 2.45) is 0 Å². The first-order valence-electron chi connectivity index (χ1n) is 7.13. The Morgan fingerprint density at radius 3 is 2.62 bits per heavy atom. The highest BCUT2D eigenvalue weighted by Crippen LogP contribution is 2.29. The Hall–Kier alpha value is -1.86. The zero-order chi connectivity index (χ0) is 15.7. The molecule has 0 heterocycles. The van der Waals surface area contributed by atoms with E-state index in [9.17, 15) is 10.1 Å². The van der Waals surface area contributed by atoms with E-state index in [0.29, 0.717) is 25.2 Å². The number of nitrogens with zero attached hydrogens (tertiary/aromatic N) is 2. The third-order valence-electron chi connectivity index (χ3n) is 3.06. The summed E-state index contributed by atoms with van der Waals surface area (Å²) in [5.74, 6) is 0. The molecular weight excluding hydrogens is 274 g/mol. The van der Waals surface area contributed by atoms with E-state index < -0.39 is 4.92 Å². The Morgan fingerprint density at radius 2 is 2.05 bits per heavy atom. The molecule has 21 heavy (non-hydrogen) atoms. The largest absolute Gasteiger partial charge is 0.396 e. The number of rotatable bonds is 10. The van der Waals surface area contributed by atoms with Gasteiger partial charge in [0, 0.05) is 38.0 Å². The molecule has 0 bridgehead atoms. The molecular formula is C14H23N3O4. The fraction of sp³-hybridized carbons (Fsp3) is 0.571. The summed E-state index contributed by atoms with van der Waals surface area (Å²) in [6, 6.07) is 5.00. The second-order valence-electron chi connectivity index (χ2n) is 4.67. The van der Waals surface area contributed by atoms with E-state index in [0.717, 1.165) is 18.7 Å². The molecule has 0 atom stereocenters. The van der Waals surface area contributed by atoms with Crippen molar-refractivity contribution in [2.75, 3.05) is 43.1 Å². The topological polar surface area (TPSA) is 98.9 Å². The average molecular weight is 297 g/mol.